The van der Waals surface area contributed by atoms with Crippen molar-refractivity contribution >= 4 is 21.9 Å². The number of fused-ring (bicyclic) bond motifs is 5. The normalized spacial score (nSPS) is 42.4. The Morgan fingerprint density at radius 1 is 1.02 bits per heavy atom. The fraction of sp³-hybridized carbons (Fsp3) is 0.806. The number of aliphatic hydroxyl groups is 1. The lowest BCUT2D eigenvalue weighted by Gasteiger charge is -2.65. The SMILES string of the molecule is CC[C@H](CC[C@@H](C)[C@H]1CC[C@H]2[C@@H]3C[C@@H](O)[C@@]4(Br)C[C@@H](OC(=O)c5ccccc5)CC[C@]4(C)[C@H]3CC[C@]12C)C(C)C. The van der Waals surface area contributed by atoms with Crippen molar-refractivity contribution in [2.45, 2.75) is 129 Å². The summed E-state index contributed by atoms with van der Waals surface area (Å²) in [5.74, 6) is 4.94. The number of rotatable bonds is 8. The van der Waals surface area contributed by atoms with Gasteiger partial charge in [0.05, 0.1) is 16.0 Å². The van der Waals surface area contributed by atoms with E-state index in [2.05, 4.69) is 57.5 Å². The van der Waals surface area contributed by atoms with Crippen LogP contribution in [0.15, 0.2) is 30.3 Å². The van der Waals surface area contributed by atoms with Crippen LogP contribution in [0.1, 0.15) is 123 Å². The Labute approximate surface area is 252 Å². The molecule has 0 bridgehead atoms. The van der Waals surface area contributed by atoms with E-state index >= 15 is 0 Å². The number of hydrogen-bond acceptors (Lipinski definition) is 3. The predicted octanol–water partition coefficient (Wildman–Crippen LogP) is 9.46. The molecule has 0 saturated heterocycles. The van der Waals surface area contributed by atoms with Crippen molar-refractivity contribution < 1.29 is 14.6 Å². The highest BCUT2D eigenvalue weighted by molar-refractivity contribution is 9.10. The van der Waals surface area contributed by atoms with Gasteiger partial charge in [0.2, 0.25) is 0 Å². The van der Waals surface area contributed by atoms with Crippen molar-refractivity contribution in [3.05, 3.63) is 35.9 Å². The highest BCUT2D eigenvalue weighted by Gasteiger charge is 2.67. The number of carbonyl (C=O) groups excluding carboxylic acids is 1. The molecule has 1 N–H and O–H groups in total. The second-order valence-corrected chi connectivity index (χ2v) is 16.7. The Morgan fingerprint density at radius 3 is 2.42 bits per heavy atom. The summed E-state index contributed by atoms with van der Waals surface area (Å²) in [6.07, 6.45) is 12.2. The summed E-state index contributed by atoms with van der Waals surface area (Å²) in [6.45, 7) is 14.8. The molecule has 0 aliphatic heterocycles. The molecule has 0 spiro atoms. The van der Waals surface area contributed by atoms with Crippen molar-refractivity contribution in [2.75, 3.05) is 0 Å². The van der Waals surface area contributed by atoms with E-state index in [1.807, 2.05) is 30.3 Å². The van der Waals surface area contributed by atoms with Crippen LogP contribution in [0.2, 0.25) is 0 Å². The van der Waals surface area contributed by atoms with Gasteiger partial charge in [-0.2, -0.15) is 0 Å². The van der Waals surface area contributed by atoms with E-state index in [1.54, 1.807) is 0 Å². The van der Waals surface area contributed by atoms with Gasteiger partial charge in [0, 0.05) is 6.42 Å². The van der Waals surface area contributed by atoms with Crippen molar-refractivity contribution in [1.82, 2.24) is 0 Å². The summed E-state index contributed by atoms with van der Waals surface area (Å²) in [4.78, 5) is 12.8. The molecule has 0 amide bonds. The molecule has 4 aliphatic rings. The Bertz CT molecular complexity index is 1030. The molecule has 224 valence electrons. The molecule has 0 unspecified atom stereocenters. The average molecular weight is 616 g/mol. The molecule has 1 aromatic carbocycles. The van der Waals surface area contributed by atoms with Crippen LogP contribution in [0.3, 0.4) is 0 Å². The molecular formula is C36H55BrO3. The smallest absolute Gasteiger partial charge is 0.338 e. The minimum Gasteiger partial charge on any atom is -0.459 e. The molecule has 4 saturated carbocycles. The molecule has 40 heavy (non-hydrogen) atoms. The summed E-state index contributed by atoms with van der Waals surface area (Å²) in [7, 11) is 0. The van der Waals surface area contributed by atoms with E-state index in [9.17, 15) is 9.90 Å². The molecule has 0 radical (unpaired) electrons. The maximum absolute atomic E-state index is 12.8. The molecule has 4 heteroatoms. The maximum atomic E-state index is 12.8. The second-order valence-electron chi connectivity index (χ2n) is 15.2. The van der Waals surface area contributed by atoms with Crippen LogP contribution >= 0.6 is 15.9 Å². The maximum Gasteiger partial charge on any atom is 0.338 e. The molecular weight excluding hydrogens is 560 g/mol. The number of benzene rings is 1. The fourth-order valence-electron chi connectivity index (χ4n) is 10.8. The monoisotopic (exact) mass is 614 g/mol. The number of esters is 1. The largest absolute Gasteiger partial charge is 0.459 e. The molecule has 0 heterocycles. The number of alkyl halides is 1. The zero-order valence-electron chi connectivity index (χ0n) is 26.0. The first-order chi connectivity index (χ1) is 18.9. The number of carbonyl (C=O) groups is 1. The number of halogens is 1. The average Bonchev–Trinajstić information content (AvgIpc) is 3.28. The minimum absolute atomic E-state index is 0.0155. The van der Waals surface area contributed by atoms with Crippen LogP contribution in [0.25, 0.3) is 0 Å². The minimum atomic E-state index is -0.410. The van der Waals surface area contributed by atoms with E-state index in [0.29, 0.717) is 29.2 Å². The lowest BCUT2D eigenvalue weighted by atomic mass is 9.43. The van der Waals surface area contributed by atoms with Crippen LogP contribution in [-0.4, -0.2) is 27.6 Å². The Morgan fingerprint density at radius 2 is 1.75 bits per heavy atom. The zero-order chi connectivity index (χ0) is 28.9. The molecule has 1 aromatic rings. The molecule has 4 aliphatic carbocycles. The first kappa shape index (κ1) is 30.6. The van der Waals surface area contributed by atoms with E-state index in [4.69, 9.17) is 4.74 Å². The number of aliphatic hydroxyl groups excluding tert-OH is 1. The summed E-state index contributed by atoms with van der Waals surface area (Å²) >= 11 is 4.18. The van der Waals surface area contributed by atoms with Crippen LogP contribution < -0.4 is 0 Å². The van der Waals surface area contributed by atoms with Gasteiger partial charge in [0.15, 0.2) is 0 Å². The predicted molar refractivity (Wildman–Crippen MR) is 167 cm³/mol. The van der Waals surface area contributed by atoms with Crippen LogP contribution in [0.4, 0.5) is 0 Å². The van der Waals surface area contributed by atoms with E-state index in [1.165, 1.54) is 44.9 Å². The molecule has 3 nitrogen and oxygen atoms in total. The third-order valence-electron chi connectivity index (χ3n) is 13.2. The number of ether oxygens (including phenoxy) is 1. The first-order valence-electron chi connectivity index (χ1n) is 16.6. The fourth-order valence-corrected chi connectivity index (χ4v) is 11.8. The molecule has 5 rings (SSSR count). The summed E-state index contributed by atoms with van der Waals surface area (Å²) < 4.78 is 5.63. The topological polar surface area (TPSA) is 46.5 Å². The van der Waals surface area contributed by atoms with Gasteiger partial charge in [-0.15, -0.1) is 0 Å². The molecule has 4 fully saturated rings. The van der Waals surface area contributed by atoms with Gasteiger partial charge in [-0.1, -0.05) is 88.5 Å². The van der Waals surface area contributed by atoms with Gasteiger partial charge in [-0.25, -0.2) is 4.79 Å². The molecule has 0 aromatic heterocycles. The highest BCUT2D eigenvalue weighted by Crippen LogP contribution is 2.71. The van der Waals surface area contributed by atoms with Gasteiger partial charge >= 0.3 is 5.97 Å². The lowest BCUT2D eigenvalue weighted by molar-refractivity contribution is -0.155. The molecule has 11 atom stereocenters. The number of hydrogen-bond donors (Lipinski definition) is 1. The van der Waals surface area contributed by atoms with Gasteiger partial charge in [-0.05, 0) is 116 Å². The van der Waals surface area contributed by atoms with Crippen molar-refractivity contribution in [3.8, 4) is 0 Å². The van der Waals surface area contributed by atoms with E-state index in [-0.39, 0.29) is 17.5 Å². The Hall–Kier alpha value is -0.870. The van der Waals surface area contributed by atoms with Crippen molar-refractivity contribution in [3.63, 3.8) is 0 Å². The second kappa shape index (κ2) is 11.7. The van der Waals surface area contributed by atoms with Crippen LogP contribution in [0.5, 0.6) is 0 Å². The third-order valence-corrected chi connectivity index (χ3v) is 15.0. The zero-order valence-corrected chi connectivity index (χ0v) is 27.6. The van der Waals surface area contributed by atoms with Crippen molar-refractivity contribution in [2.24, 2.45) is 52.3 Å². The van der Waals surface area contributed by atoms with E-state index < -0.39 is 10.4 Å². The van der Waals surface area contributed by atoms with Gasteiger partial charge < -0.3 is 9.84 Å². The van der Waals surface area contributed by atoms with Gasteiger partial charge in [0.1, 0.15) is 6.10 Å². The van der Waals surface area contributed by atoms with E-state index in [0.717, 1.165) is 48.9 Å². The van der Waals surface area contributed by atoms with Gasteiger partial charge in [-0.3, -0.25) is 0 Å². The van der Waals surface area contributed by atoms with Crippen molar-refractivity contribution in [1.29, 1.82) is 0 Å². The van der Waals surface area contributed by atoms with Crippen LogP contribution in [0, 0.1) is 52.3 Å². The highest BCUT2D eigenvalue weighted by atomic mass is 79.9. The summed E-state index contributed by atoms with van der Waals surface area (Å²) in [6, 6.07) is 9.32. The van der Waals surface area contributed by atoms with Crippen LogP contribution in [-0.2, 0) is 4.74 Å². The third kappa shape index (κ3) is 5.14. The Kier molecular flexibility index (Phi) is 8.92. The summed E-state index contributed by atoms with van der Waals surface area (Å²) in [5, 5.41) is 11.9. The first-order valence-corrected chi connectivity index (χ1v) is 17.4. The summed E-state index contributed by atoms with van der Waals surface area (Å²) in [5.41, 5.74) is 1.03. The standard InChI is InChI=1S/C36H55BrO3/c1-7-25(23(2)3)14-13-24(4)29-15-16-30-28-21-32(38)36(37)22-27(40-33(39)26-11-9-8-10-12-26)17-20-35(36,6)31(28)18-19-34(29,30)5/h8-12,23-25,27-32,38H,7,13-22H2,1-6H3/t24-,25-,27+,28+,29-,30+,31+,32-,34-,35-,36+/m1/s1. The van der Waals surface area contributed by atoms with Gasteiger partial charge in [0.25, 0.3) is 0 Å². The quantitative estimate of drug-likeness (QED) is 0.234. The Balaban J connectivity index is 1.28. The lowest BCUT2D eigenvalue weighted by Crippen LogP contribution is -2.66.